The van der Waals surface area contributed by atoms with Gasteiger partial charge in [-0.05, 0) is 31.0 Å². The molecule has 7 nitrogen and oxygen atoms in total. The summed E-state index contributed by atoms with van der Waals surface area (Å²) < 4.78 is 33.2. The van der Waals surface area contributed by atoms with E-state index in [0.717, 1.165) is 5.56 Å². The first-order chi connectivity index (χ1) is 14.7. The van der Waals surface area contributed by atoms with E-state index in [1.54, 1.807) is 23.1 Å². The summed E-state index contributed by atoms with van der Waals surface area (Å²) in [6.45, 7) is 0.656. The number of rotatable bonds is 5. The molecule has 1 amide bonds. The van der Waals surface area contributed by atoms with E-state index in [0.29, 0.717) is 24.9 Å². The van der Waals surface area contributed by atoms with Crippen molar-refractivity contribution >= 4 is 45.1 Å². The number of likely N-dealkylation sites (tertiary alicyclic amines) is 1. The van der Waals surface area contributed by atoms with Crippen molar-refractivity contribution in [2.45, 2.75) is 29.8 Å². The van der Waals surface area contributed by atoms with Crippen molar-refractivity contribution in [3.05, 3.63) is 63.6 Å². The second kappa shape index (κ2) is 8.43. The van der Waals surface area contributed by atoms with Gasteiger partial charge in [0, 0.05) is 25.1 Å². The van der Waals surface area contributed by atoms with Crippen LogP contribution in [-0.4, -0.2) is 44.8 Å². The number of nitrogens with zero attached hydrogens (tertiary/aromatic N) is 1. The lowest BCUT2D eigenvalue weighted by Gasteiger charge is -2.39. The highest BCUT2D eigenvalue weighted by Crippen LogP contribution is 2.42. The van der Waals surface area contributed by atoms with Crippen molar-refractivity contribution in [2.75, 3.05) is 19.6 Å². The van der Waals surface area contributed by atoms with Crippen LogP contribution >= 0.6 is 23.2 Å². The van der Waals surface area contributed by atoms with Crippen LogP contribution in [0.15, 0.2) is 47.4 Å². The van der Waals surface area contributed by atoms with Crippen LogP contribution in [0.3, 0.4) is 0 Å². The standard InChI is InChI=1S/C21H20Cl2N2O5S/c22-16-7-3-8-17(23)19(16)31(28,29)24-11-9-18(26)25-12-4-10-21(13-25)15-6-2-1-5-14(15)20(27)30-21/h1-3,5-8,24H,4,9-13H2. The van der Waals surface area contributed by atoms with Crippen LogP contribution in [0.5, 0.6) is 0 Å². The molecule has 31 heavy (non-hydrogen) atoms. The second-order valence-electron chi connectivity index (χ2n) is 7.55. The maximum Gasteiger partial charge on any atom is 0.339 e. The van der Waals surface area contributed by atoms with Crippen LogP contribution < -0.4 is 4.72 Å². The lowest BCUT2D eigenvalue weighted by molar-refractivity contribution is -0.138. The van der Waals surface area contributed by atoms with Gasteiger partial charge in [0.1, 0.15) is 4.90 Å². The Kier molecular flexibility index (Phi) is 6.00. The van der Waals surface area contributed by atoms with E-state index in [-0.39, 0.29) is 46.3 Å². The van der Waals surface area contributed by atoms with Gasteiger partial charge in [0.25, 0.3) is 0 Å². The molecule has 1 N–H and O–H groups in total. The first-order valence-corrected chi connectivity index (χ1v) is 12.0. The number of ether oxygens (including phenoxy) is 1. The van der Waals surface area contributed by atoms with Gasteiger partial charge in [0.05, 0.1) is 22.2 Å². The minimum atomic E-state index is -3.97. The fourth-order valence-corrected chi connectivity index (χ4v) is 6.32. The van der Waals surface area contributed by atoms with E-state index >= 15 is 0 Å². The van der Waals surface area contributed by atoms with E-state index < -0.39 is 15.6 Å². The summed E-state index contributed by atoms with van der Waals surface area (Å²) in [7, 11) is -3.97. The molecule has 2 heterocycles. The van der Waals surface area contributed by atoms with Crippen molar-refractivity contribution in [2.24, 2.45) is 0 Å². The molecule has 0 aromatic heterocycles. The van der Waals surface area contributed by atoms with Crippen molar-refractivity contribution in [1.29, 1.82) is 0 Å². The number of piperidine rings is 1. The number of hydrogen-bond acceptors (Lipinski definition) is 5. The molecule has 1 spiro atoms. The zero-order valence-electron chi connectivity index (χ0n) is 16.4. The van der Waals surface area contributed by atoms with Gasteiger partial charge in [-0.3, -0.25) is 4.79 Å². The fourth-order valence-electron chi connectivity index (χ4n) is 4.15. The maximum absolute atomic E-state index is 12.8. The zero-order valence-corrected chi connectivity index (χ0v) is 18.8. The smallest absolute Gasteiger partial charge is 0.339 e. The van der Waals surface area contributed by atoms with Crippen molar-refractivity contribution in [3.63, 3.8) is 0 Å². The summed E-state index contributed by atoms with van der Waals surface area (Å²) in [5, 5.41) is 0.0111. The van der Waals surface area contributed by atoms with E-state index in [2.05, 4.69) is 4.72 Å². The quantitative estimate of drug-likeness (QED) is 0.659. The zero-order chi connectivity index (χ0) is 22.2. The maximum atomic E-state index is 12.8. The van der Waals surface area contributed by atoms with E-state index in [1.807, 2.05) is 12.1 Å². The second-order valence-corrected chi connectivity index (χ2v) is 10.1. The molecule has 0 saturated carbocycles. The van der Waals surface area contributed by atoms with Crippen molar-refractivity contribution in [3.8, 4) is 0 Å². The molecule has 0 aliphatic carbocycles. The predicted molar refractivity (Wildman–Crippen MR) is 116 cm³/mol. The summed E-state index contributed by atoms with van der Waals surface area (Å²) >= 11 is 12.0. The summed E-state index contributed by atoms with van der Waals surface area (Å²) in [5.41, 5.74) is 0.486. The highest BCUT2D eigenvalue weighted by molar-refractivity contribution is 7.89. The Hall–Kier alpha value is -2.13. The Bertz CT molecular complexity index is 1130. The van der Waals surface area contributed by atoms with Crippen LogP contribution in [0, 0.1) is 0 Å². The molecule has 2 aliphatic heterocycles. The van der Waals surface area contributed by atoms with Gasteiger partial charge in [-0.2, -0.15) is 0 Å². The molecule has 1 saturated heterocycles. The van der Waals surface area contributed by atoms with Gasteiger partial charge in [-0.1, -0.05) is 47.5 Å². The number of amides is 1. The highest BCUT2D eigenvalue weighted by atomic mass is 35.5. The van der Waals surface area contributed by atoms with Gasteiger partial charge in [0.2, 0.25) is 15.9 Å². The molecule has 10 heteroatoms. The monoisotopic (exact) mass is 482 g/mol. The molecule has 1 atom stereocenters. The molecule has 0 bridgehead atoms. The molecule has 1 unspecified atom stereocenters. The third-order valence-electron chi connectivity index (χ3n) is 5.55. The number of esters is 1. The number of benzene rings is 2. The Morgan fingerprint density at radius 1 is 1.13 bits per heavy atom. The van der Waals surface area contributed by atoms with Crippen LogP contribution in [0.2, 0.25) is 10.0 Å². The van der Waals surface area contributed by atoms with Gasteiger partial charge in [-0.25, -0.2) is 17.9 Å². The molecule has 0 radical (unpaired) electrons. The van der Waals surface area contributed by atoms with Gasteiger partial charge in [-0.15, -0.1) is 0 Å². The van der Waals surface area contributed by atoms with Gasteiger partial charge in [0.15, 0.2) is 5.60 Å². The van der Waals surface area contributed by atoms with Crippen molar-refractivity contribution in [1.82, 2.24) is 9.62 Å². The third-order valence-corrected chi connectivity index (χ3v) is 7.97. The number of halogens is 2. The molecular formula is C21H20Cl2N2O5S. The molecule has 2 aromatic rings. The largest absolute Gasteiger partial charge is 0.449 e. The Morgan fingerprint density at radius 3 is 2.58 bits per heavy atom. The summed E-state index contributed by atoms with van der Waals surface area (Å²) in [6.07, 6.45) is 1.26. The van der Waals surface area contributed by atoms with E-state index in [4.69, 9.17) is 27.9 Å². The first kappa shape index (κ1) is 22.1. The minimum absolute atomic E-state index is 0.00557. The van der Waals surface area contributed by atoms with E-state index in [1.165, 1.54) is 12.1 Å². The summed E-state index contributed by atoms with van der Waals surface area (Å²) in [6, 6.07) is 11.6. The summed E-state index contributed by atoms with van der Waals surface area (Å²) in [5.74, 6) is -0.610. The Labute approximate surface area is 190 Å². The van der Waals surface area contributed by atoms with Crippen molar-refractivity contribution < 1.29 is 22.7 Å². The Balaban J connectivity index is 1.41. The molecule has 164 valence electrons. The lowest BCUT2D eigenvalue weighted by atomic mass is 9.85. The fraction of sp³-hybridized carbons (Fsp3) is 0.333. The third kappa shape index (κ3) is 4.17. The number of sulfonamides is 1. The van der Waals surface area contributed by atoms with Crippen LogP contribution in [-0.2, 0) is 25.2 Å². The molecule has 1 fully saturated rings. The average molecular weight is 483 g/mol. The van der Waals surface area contributed by atoms with Crippen LogP contribution in [0.4, 0.5) is 0 Å². The van der Waals surface area contributed by atoms with E-state index in [9.17, 15) is 18.0 Å². The van der Waals surface area contributed by atoms with Gasteiger partial charge < -0.3 is 9.64 Å². The molecular weight excluding hydrogens is 463 g/mol. The lowest BCUT2D eigenvalue weighted by Crippen LogP contribution is -2.49. The topological polar surface area (TPSA) is 92.8 Å². The predicted octanol–water partition coefficient (Wildman–Crippen LogP) is 3.35. The molecule has 4 rings (SSSR count). The number of nitrogens with one attached hydrogen (secondary N) is 1. The van der Waals surface area contributed by atoms with Crippen LogP contribution in [0.25, 0.3) is 0 Å². The highest BCUT2D eigenvalue weighted by Gasteiger charge is 2.48. The SMILES string of the molecule is O=C1OC2(CCCN(C(=O)CCNS(=O)(=O)c3c(Cl)cccc3Cl)C2)c2ccccc21. The number of carbonyl (C=O) groups excluding carboxylic acids is 2. The number of hydrogen-bond donors (Lipinski definition) is 1. The molecule has 2 aliphatic rings. The Morgan fingerprint density at radius 2 is 1.84 bits per heavy atom. The molecule has 2 aromatic carbocycles. The van der Waals surface area contributed by atoms with Crippen LogP contribution in [0.1, 0.15) is 35.2 Å². The first-order valence-electron chi connectivity index (χ1n) is 9.78. The number of fused-ring (bicyclic) bond motifs is 2. The minimum Gasteiger partial charge on any atom is -0.449 e. The van der Waals surface area contributed by atoms with Gasteiger partial charge >= 0.3 is 5.97 Å². The average Bonchev–Trinajstić information content (AvgIpc) is 2.99. The normalized spacial score (nSPS) is 20.6. The number of carbonyl (C=O) groups is 2. The summed E-state index contributed by atoms with van der Waals surface area (Å²) in [4.78, 5) is 26.5.